The maximum Gasteiger partial charge on any atom is 0.261 e. The summed E-state index contributed by atoms with van der Waals surface area (Å²) < 4.78 is 10.8. The molecule has 0 bridgehead atoms. The summed E-state index contributed by atoms with van der Waals surface area (Å²) >= 11 is 1.29. The molecule has 34 heavy (non-hydrogen) atoms. The van der Waals surface area contributed by atoms with Gasteiger partial charge in [-0.05, 0) is 60.7 Å². The van der Waals surface area contributed by atoms with Gasteiger partial charge in [0.1, 0.15) is 11.5 Å². The summed E-state index contributed by atoms with van der Waals surface area (Å²) in [6.07, 6.45) is 5.41. The van der Waals surface area contributed by atoms with E-state index in [1.54, 1.807) is 61.0 Å². The summed E-state index contributed by atoms with van der Waals surface area (Å²) in [5.74, 6) is -0.159. The number of carbonyl (C=O) groups is 3. The lowest BCUT2D eigenvalue weighted by molar-refractivity contribution is -0.127. The molecule has 178 valence electrons. The molecule has 1 atom stereocenters. The van der Waals surface area contributed by atoms with Crippen LogP contribution < -0.4 is 20.3 Å². The van der Waals surface area contributed by atoms with E-state index in [0.717, 1.165) is 25.7 Å². The maximum absolute atomic E-state index is 13.5. The van der Waals surface area contributed by atoms with Crippen LogP contribution in [0.25, 0.3) is 0 Å². The van der Waals surface area contributed by atoms with Gasteiger partial charge in [0.25, 0.3) is 11.8 Å². The number of nitrogens with one attached hydrogen (secondary N) is 2. The minimum absolute atomic E-state index is 0.0660. The second kappa shape index (κ2) is 11.0. The van der Waals surface area contributed by atoms with Crippen molar-refractivity contribution < 1.29 is 23.5 Å². The van der Waals surface area contributed by atoms with Gasteiger partial charge in [0, 0.05) is 11.7 Å². The Labute approximate surface area is 201 Å². The van der Waals surface area contributed by atoms with Crippen LogP contribution in [0.1, 0.15) is 47.2 Å². The van der Waals surface area contributed by atoms with E-state index in [1.165, 1.54) is 22.5 Å². The van der Waals surface area contributed by atoms with Gasteiger partial charge in [0.05, 0.1) is 24.8 Å². The third-order valence-corrected chi connectivity index (χ3v) is 6.65. The Bertz CT molecular complexity index is 1090. The van der Waals surface area contributed by atoms with Crippen molar-refractivity contribution in [2.45, 2.75) is 37.8 Å². The van der Waals surface area contributed by atoms with Crippen molar-refractivity contribution in [3.8, 4) is 5.75 Å². The summed E-state index contributed by atoms with van der Waals surface area (Å²) in [6, 6.07) is 12.7. The molecule has 2 heterocycles. The van der Waals surface area contributed by atoms with Gasteiger partial charge in [0.15, 0.2) is 6.04 Å². The fourth-order valence-electron chi connectivity index (χ4n) is 4.09. The number of methoxy groups -OCH3 is 1. The van der Waals surface area contributed by atoms with Crippen LogP contribution in [0, 0.1) is 0 Å². The smallest absolute Gasteiger partial charge is 0.261 e. The highest BCUT2D eigenvalue weighted by atomic mass is 32.1. The topological polar surface area (TPSA) is 101 Å². The molecule has 1 fully saturated rings. The van der Waals surface area contributed by atoms with Gasteiger partial charge in [-0.25, -0.2) is 0 Å². The second-order valence-electron chi connectivity index (χ2n) is 8.03. The van der Waals surface area contributed by atoms with E-state index in [1.807, 2.05) is 0 Å². The lowest BCUT2D eigenvalue weighted by atomic mass is 10.1. The van der Waals surface area contributed by atoms with E-state index >= 15 is 0 Å². The monoisotopic (exact) mass is 481 g/mol. The Kier molecular flexibility index (Phi) is 7.64. The van der Waals surface area contributed by atoms with Crippen LogP contribution in [-0.4, -0.2) is 37.4 Å². The summed E-state index contributed by atoms with van der Waals surface area (Å²) in [7, 11) is 1.55. The molecule has 1 unspecified atom stereocenters. The van der Waals surface area contributed by atoms with E-state index in [-0.39, 0.29) is 24.4 Å². The number of furan rings is 1. The molecule has 8 nitrogen and oxygen atoms in total. The average Bonchev–Trinajstić information content (AvgIpc) is 3.64. The zero-order chi connectivity index (χ0) is 23.9. The molecule has 0 spiro atoms. The van der Waals surface area contributed by atoms with Crippen molar-refractivity contribution in [1.82, 2.24) is 10.6 Å². The standard InChI is InChI=1S/C25H27N3O5S/c1-32-19-12-10-18(11-13-19)28(22(29)16-26-24(30)21-9-5-15-34-21)23(20-8-4-14-33-20)25(31)27-17-6-2-3-7-17/h4-5,8-15,17,23H,2-3,6-7,16H2,1H3,(H,26,30)(H,27,31). The Hall–Kier alpha value is -3.59. The van der Waals surface area contributed by atoms with Crippen molar-refractivity contribution in [3.63, 3.8) is 0 Å². The summed E-state index contributed by atoms with van der Waals surface area (Å²) in [5, 5.41) is 7.53. The number of ether oxygens (including phenoxy) is 1. The number of hydrogen-bond donors (Lipinski definition) is 2. The molecular formula is C25H27N3O5S. The Morgan fingerprint density at radius 3 is 2.50 bits per heavy atom. The zero-order valence-corrected chi connectivity index (χ0v) is 19.7. The first-order chi connectivity index (χ1) is 16.6. The lowest BCUT2D eigenvalue weighted by Crippen LogP contribution is -2.49. The van der Waals surface area contributed by atoms with Gasteiger partial charge in [-0.1, -0.05) is 18.9 Å². The normalized spacial score (nSPS) is 14.4. The van der Waals surface area contributed by atoms with Gasteiger partial charge in [-0.3, -0.25) is 19.3 Å². The zero-order valence-electron chi connectivity index (χ0n) is 18.9. The van der Waals surface area contributed by atoms with Crippen LogP contribution in [0.5, 0.6) is 5.75 Å². The van der Waals surface area contributed by atoms with E-state index in [9.17, 15) is 14.4 Å². The van der Waals surface area contributed by atoms with Crippen LogP contribution in [-0.2, 0) is 9.59 Å². The molecule has 2 N–H and O–H groups in total. The first-order valence-corrected chi connectivity index (χ1v) is 12.1. The SMILES string of the molecule is COc1ccc(N(C(=O)CNC(=O)c2cccs2)C(C(=O)NC2CCCC2)c2ccco2)cc1. The molecule has 1 aliphatic carbocycles. The summed E-state index contributed by atoms with van der Waals surface area (Å²) in [4.78, 5) is 41.3. The first-order valence-electron chi connectivity index (χ1n) is 11.2. The molecule has 3 aromatic rings. The van der Waals surface area contributed by atoms with Crippen molar-refractivity contribution in [2.75, 3.05) is 18.6 Å². The quantitative estimate of drug-likeness (QED) is 0.483. The molecule has 9 heteroatoms. The molecule has 0 radical (unpaired) electrons. The number of amides is 3. The van der Waals surface area contributed by atoms with Crippen molar-refractivity contribution in [2.24, 2.45) is 0 Å². The predicted molar refractivity (Wildman–Crippen MR) is 129 cm³/mol. The van der Waals surface area contributed by atoms with Gasteiger partial charge >= 0.3 is 0 Å². The summed E-state index contributed by atoms with van der Waals surface area (Å²) in [5.41, 5.74) is 0.485. The molecule has 2 aromatic heterocycles. The van der Waals surface area contributed by atoms with Crippen LogP contribution in [0.2, 0.25) is 0 Å². The third-order valence-electron chi connectivity index (χ3n) is 5.79. The number of hydrogen-bond acceptors (Lipinski definition) is 6. The number of benzene rings is 1. The highest BCUT2D eigenvalue weighted by Gasteiger charge is 2.36. The number of rotatable bonds is 9. The van der Waals surface area contributed by atoms with Gasteiger partial charge in [-0.15, -0.1) is 11.3 Å². The fraction of sp³-hybridized carbons (Fsp3) is 0.320. The van der Waals surface area contributed by atoms with E-state index in [0.29, 0.717) is 22.1 Å². The van der Waals surface area contributed by atoms with Crippen molar-refractivity contribution in [1.29, 1.82) is 0 Å². The third kappa shape index (κ3) is 5.48. The largest absolute Gasteiger partial charge is 0.497 e. The minimum atomic E-state index is -1.03. The van der Waals surface area contributed by atoms with Crippen LogP contribution >= 0.6 is 11.3 Å². The lowest BCUT2D eigenvalue weighted by Gasteiger charge is -2.31. The van der Waals surface area contributed by atoms with E-state index in [4.69, 9.17) is 9.15 Å². The van der Waals surface area contributed by atoms with Gasteiger partial charge < -0.3 is 19.8 Å². The van der Waals surface area contributed by atoms with Gasteiger partial charge in [0.2, 0.25) is 5.91 Å². The van der Waals surface area contributed by atoms with Crippen LogP contribution in [0.15, 0.2) is 64.6 Å². The number of anilines is 1. The number of nitrogens with zero attached hydrogens (tertiary/aromatic N) is 1. The molecule has 1 aliphatic rings. The Balaban J connectivity index is 1.63. The van der Waals surface area contributed by atoms with Crippen molar-refractivity contribution >= 4 is 34.7 Å². The molecule has 1 aromatic carbocycles. The average molecular weight is 482 g/mol. The van der Waals surface area contributed by atoms with E-state index < -0.39 is 11.9 Å². The summed E-state index contributed by atoms with van der Waals surface area (Å²) in [6.45, 7) is -0.281. The fourth-order valence-corrected chi connectivity index (χ4v) is 4.73. The molecule has 4 rings (SSSR count). The highest BCUT2D eigenvalue weighted by Crippen LogP contribution is 2.30. The number of thiophene rings is 1. The highest BCUT2D eigenvalue weighted by molar-refractivity contribution is 7.12. The first kappa shape index (κ1) is 23.6. The second-order valence-corrected chi connectivity index (χ2v) is 8.98. The van der Waals surface area contributed by atoms with Crippen LogP contribution in [0.3, 0.4) is 0 Å². The molecular weight excluding hydrogens is 454 g/mol. The predicted octanol–water partition coefficient (Wildman–Crippen LogP) is 3.91. The Morgan fingerprint density at radius 1 is 1.12 bits per heavy atom. The van der Waals surface area contributed by atoms with Gasteiger partial charge in [-0.2, -0.15) is 0 Å². The molecule has 0 aliphatic heterocycles. The Morgan fingerprint density at radius 2 is 1.88 bits per heavy atom. The number of carbonyl (C=O) groups excluding carboxylic acids is 3. The van der Waals surface area contributed by atoms with Crippen molar-refractivity contribution in [3.05, 3.63) is 70.8 Å². The minimum Gasteiger partial charge on any atom is -0.497 e. The molecule has 0 saturated heterocycles. The molecule has 3 amide bonds. The van der Waals surface area contributed by atoms with E-state index in [2.05, 4.69) is 10.6 Å². The van der Waals surface area contributed by atoms with Crippen LogP contribution in [0.4, 0.5) is 5.69 Å². The molecule has 1 saturated carbocycles. The maximum atomic E-state index is 13.5.